The summed E-state index contributed by atoms with van der Waals surface area (Å²) in [7, 11) is 0. The first-order valence-corrected chi connectivity index (χ1v) is 6.90. The monoisotopic (exact) mass is 286 g/mol. The molecule has 0 aliphatic heterocycles. The number of carbonyl (C=O) groups excluding carboxylic acids is 2. The van der Waals surface area contributed by atoms with Crippen LogP contribution in [0.2, 0.25) is 0 Å². The van der Waals surface area contributed by atoms with Crippen molar-refractivity contribution in [2.24, 2.45) is 11.3 Å². The Kier molecular flexibility index (Phi) is 7.24. The standard InChI is InChI=1S/C14H26N2O4/c1-6-14(4,5)13(20)15-8-11(17)16-10(12(18)19)7-9(2)3/h9-10H,6-8H2,1-5H3,(H,15,20)(H,16,17)(H,18,19)/t10-/m0/s1. The van der Waals surface area contributed by atoms with Crippen LogP contribution in [0.3, 0.4) is 0 Å². The number of aliphatic carboxylic acids is 1. The van der Waals surface area contributed by atoms with Gasteiger partial charge in [-0.05, 0) is 18.8 Å². The lowest BCUT2D eigenvalue weighted by atomic mass is 9.89. The van der Waals surface area contributed by atoms with Crippen LogP contribution in [0.5, 0.6) is 0 Å². The van der Waals surface area contributed by atoms with Crippen LogP contribution in [0, 0.1) is 11.3 Å². The molecule has 0 aromatic carbocycles. The molecule has 6 heteroatoms. The summed E-state index contributed by atoms with van der Waals surface area (Å²) in [5, 5.41) is 14.0. The van der Waals surface area contributed by atoms with Gasteiger partial charge < -0.3 is 15.7 Å². The van der Waals surface area contributed by atoms with E-state index in [0.717, 1.165) is 0 Å². The van der Waals surface area contributed by atoms with Gasteiger partial charge in [-0.3, -0.25) is 9.59 Å². The van der Waals surface area contributed by atoms with Crippen LogP contribution < -0.4 is 10.6 Å². The van der Waals surface area contributed by atoms with Gasteiger partial charge in [-0.15, -0.1) is 0 Å². The van der Waals surface area contributed by atoms with Crippen molar-refractivity contribution in [2.45, 2.75) is 53.5 Å². The summed E-state index contributed by atoms with van der Waals surface area (Å²) in [5.41, 5.74) is -0.537. The minimum Gasteiger partial charge on any atom is -0.480 e. The molecular weight excluding hydrogens is 260 g/mol. The Morgan fingerprint density at radius 3 is 2.15 bits per heavy atom. The van der Waals surface area contributed by atoms with Crippen LogP contribution in [-0.2, 0) is 14.4 Å². The van der Waals surface area contributed by atoms with Crippen molar-refractivity contribution in [3.8, 4) is 0 Å². The number of nitrogens with one attached hydrogen (secondary N) is 2. The van der Waals surface area contributed by atoms with Gasteiger partial charge in [0.15, 0.2) is 0 Å². The molecule has 0 radical (unpaired) electrons. The Morgan fingerprint density at radius 2 is 1.75 bits per heavy atom. The molecule has 0 fully saturated rings. The van der Waals surface area contributed by atoms with Gasteiger partial charge >= 0.3 is 5.97 Å². The summed E-state index contributed by atoms with van der Waals surface area (Å²) in [6, 6.07) is -0.918. The molecule has 0 saturated carbocycles. The average molecular weight is 286 g/mol. The van der Waals surface area contributed by atoms with Gasteiger partial charge in [-0.1, -0.05) is 34.6 Å². The summed E-state index contributed by atoms with van der Waals surface area (Å²) in [4.78, 5) is 34.5. The van der Waals surface area contributed by atoms with E-state index < -0.39 is 23.3 Å². The van der Waals surface area contributed by atoms with Gasteiger partial charge in [0.2, 0.25) is 11.8 Å². The zero-order valence-electron chi connectivity index (χ0n) is 12.9. The maximum atomic E-state index is 11.8. The Hall–Kier alpha value is -1.59. The van der Waals surface area contributed by atoms with Gasteiger partial charge in [-0.2, -0.15) is 0 Å². The molecule has 1 atom stereocenters. The third-order valence-electron chi connectivity index (χ3n) is 3.25. The van der Waals surface area contributed by atoms with Crippen molar-refractivity contribution in [2.75, 3.05) is 6.54 Å². The molecule has 0 aromatic rings. The lowest BCUT2D eigenvalue weighted by Crippen LogP contribution is -2.47. The van der Waals surface area contributed by atoms with Crippen molar-refractivity contribution in [3.63, 3.8) is 0 Å². The Bertz CT molecular complexity index is 364. The maximum Gasteiger partial charge on any atom is 0.326 e. The molecule has 0 saturated heterocycles. The fourth-order valence-electron chi connectivity index (χ4n) is 1.50. The predicted molar refractivity (Wildman–Crippen MR) is 76.1 cm³/mol. The van der Waals surface area contributed by atoms with E-state index in [0.29, 0.717) is 12.8 Å². The first-order valence-electron chi connectivity index (χ1n) is 6.90. The second-order valence-electron chi connectivity index (χ2n) is 6.01. The van der Waals surface area contributed by atoms with Crippen molar-refractivity contribution in [1.29, 1.82) is 0 Å². The molecule has 0 aromatic heterocycles. The van der Waals surface area contributed by atoms with Crippen molar-refractivity contribution in [1.82, 2.24) is 10.6 Å². The number of carbonyl (C=O) groups is 3. The Labute approximate surface area is 120 Å². The summed E-state index contributed by atoms with van der Waals surface area (Å²) < 4.78 is 0. The first-order chi connectivity index (χ1) is 9.10. The summed E-state index contributed by atoms with van der Waals surface area (Å²) in [6.45, 7) is 9.03. The lowest BCUT2D eigenvalue weighted by Gasteiger charge is -2.22. The van der Waals surface area contributed by atoms with Crippen LogP contribution in [0.25, 0.3) is 0 Å². The van der Waals surface area contributed by atoms with Crippen molar-refractivity contribution < 1.29 is 19.5 Å². The highest BCUT2D eigenvalue weighted by Gasteiger charge is 2.26. The highest BCUT2D eigenvalue weighted by molar-refractivity contribution is 5.89. The van der Waals surface area contributed by atoms with E-state index in [1.807, 2.05) is 20.8 Å². The SMILES string of the molecule is CCC(C)(C)C(=O)NCC(=O)N[C@@H](CC(C)C)C(=O)O. The molecular formula is C14H26N2O4. The highest BCUT2D eigenvalue weighted by atomic mass is 16.4. The molecule has 0 aliphatic rings. The number of hydrogen-bond donors (Lipinski definition) is 3. The predicted octanol–water partition coefficient (Wildman–Crippen LogP) is 1.15. The van der Waals surface area contributed by atoms with Gasteiger partial charge in [0.05, 0.1) is 6.54 Å². The van der Waals surface area contributed by atoms with Gasteiger partial charge in [0.25, 0.3) is 0 Å². The quantitative estimate of drug-likeness (QED) is 0.624. The summed E-state index contributed by atoms with van der Waals surface area (Å²) in [5.74, 6) is -1.61. The molecule has 3 N–H and O–H groups in total. The van der Waals surface area contributed by atoms with Gasteiger partial charge in [0, 0.05) is 5.41 Å². The number of amides is 2. The van der Waals surface area contributed by atoms with E-state index in [-0.39, 0.29) is 18.4 Å². The number of carboxylic acid groups (broad SMARTS) is 1. The normalized spacial score (nSPS) is 12.9. The average Bonchev–Trinajstić information content (AvgIpc) is 2.34. The smallest absolute Gasteiger partial charge is 0.326 e. The Morgan fingerprint density at radius 1 is 1.20 bits per heavy atom. The van der Waals surface area contributed by atoms with Crippen LogP contribution in [0.4, 0.5) is 0 Å². The molecule has 0 bridgehead atoms. The van der Waals surface area contributed by atoms with Crippen LogP contribution in [0.1, 0.15) is 47.5 Å². The molecule has 20 heavy (non-hydrogen) atoms. The number of rotatable bonds is 8. The molecule has 6 nitrogen and oxygen atoms in total. The fraction of sp³-hybridized carbons (Fsp3) is 0.786. The molecule has 0 spiro atoms. The minimum atomic E-state index is -1.06. The van der Waals surface area contributed by atoms with E-state index in [9.17, 15) is 14.4 Å². The van der Waals surface area contributed by atoms with E-state index in [2.05, 4.69) is 10.6 Å². The highest BCUT2D eigenvalue weighted by Crippen LogP contribution is 2.19. The third kappa shape index (κ3) is 6.54. The van der Waals surface area contributed by atoms with Crippen LogP contribution in [-0.4, -0.2) is 35.5 Å². The second-order valence-corrected chi connectivity index (χ2v) is 6.01. The largest absolute Gasteiger partial charge is 0.480 e. The van der Waals surface area contributed by atoms with Crippen molar-refractivity contribution >= 4 is 17.8 Å². The van der Waals surface area contributed by atoms with Gasteiger partial charge in [0.1, 0.15) is 6.04 Å². The summed E-state index contributed by atoms with van der Waals surface area (Å²) in [6.07, 6.45) is 1.01. The number of hydrogen-bond acceptors (Lipinski definition) is 3. The Balaban J connectivity index is 4.34. The molecule has 2 amide bonds. The zero-order chi connectivity index (χ0) is 15.9. The fourth-order valence-corrected chi connectivity index (χ4v) is 1.50. The topological polar surface area (TPSA) is 95.5 Å². The van der Waals surface area contributed by atoms with Crippen LogP contribution >= 0.6 is 0 Å². The molecule has 0 aliphatic carbocycles. The molecule has 116 valence electrons. The maximum absolute atomic E-state index is 11.8. The van der Waals surface area contributed by atoms with E-state index in [1.165, 1.54) is 0 Å². The zero-order valence-corrected chi connectivity index (χ0v) is 12.9. The third-order valence-corrected chi connectivity index (χ3v) is 3.25. The van der Waals surface area contributed by atoms with E-state index >= 15 is 0 Å². The van der Waals surface area contributed by atoms with Crippen LogP contribution in [0.15, 0.2) is 0 Å². The molecule has 0 unspecified atom stereocenters. The second kappa shape index (κ2) is 7.87. The molecule has 0 heterocycles. The first kappa shape index (κ1) is 18.4. The van der Waals surface area contributed by atoms with E-state index in [1.54, 1.807) is 13.8 Å². The molecule has 0 rings (SSSR count). The van der Waals surface area contributed by atoms with Gasteiger partial charge in [-0.25, -0.2) is 4.79 Å². The summed E-state index contributed by atoms with van der Waals surface area (Å²) >= 11 is 0. The number of carboxylic acids is 1. The van der Waals surface area contributed by atoms with Crippen molar-refractivity contribution in [3.05, 3.63) is 0 Å². The lowest BCUT2D eigenvalue weighted by molar-refractivity contribution is -0.142. The minimum absolute atomic E-state index is 0.157. The van der Waals surface area contributed by atoms with E-state index in [4.69, 9.17) is 5.11 Å².